The average molecular weight is 281 g/mol. The van der Waals surface area contributed by atoms with Crippen molar-refractivity contribution < 1.29 is 13.2 Å². The second kappa shape index (κ2) is 6.20. The van der Waals surface area contributed by atoms with Crippen molar-refractivity contribution >= 4 is 21.4 Å². The minimum absolute atomic E-state index is 0.0583. The lowest BCUT2D eigenvalue weighted by molar-refractivity contribution is -0.118. The summed E-state index contributed by atoms with van der Waals surface area (Å²) >= 11 is 0. The lowest BCUT2D eigenvalue weighted by Gasteiger charge is -2.09. The molecular formula is C12H15N3O3S. The van der Waals surface area contributed by atoms with Crippen LogP contribution >= 0.6 is 0 Å². The zero-order chi connectivity index (χ0) is 14.5. The Labute approximate surface area is 112 Å². The first kappa shape index (κ1) is 15.0. The van der Waals surface area contributed by atoms with Gasteiger partial charge < -0.3 is 11.1 Å². The number of sulfone groups is 1. The Balaban J connectivity index is 2.85. The zero-order valence-corrected chi connectivity index (χ0v) is 11.3. The van der Waals surface area contributed by atoms with Gasteiger partial charge in [-0.15, -0.1) is 0 Å². The lowest BCUT2D eigenvalue weighted by atomic mass is 10.2. The number of nitrogens with two attached hydrogens (primary N) is 1. The van der Waals surface area contributed by atoms with E-state index in [9.17, 15) is 13.2 Å². The third kappa shape index (κ3) is 3.96. The summed E-state index contributed by atoms with van der Waals surface area (Å²) in [5.74, 6) is -1.28. The summed E-state index contributed by atoms with van der Waals surface area (Å²) in [5.41, 5.74) is 6.45. The molecule has 6 nitrogen and oxygen atoms in total. The van der Waals surface area contributed by atoms with Gasteiger partial charge in [-0.2, -0.15) is 5.26 Å². The topological polar surface area (TPSA) is 113 Å². The number of nitrogens with zero attached hydrogens (tertiary/aromatic N) is 1. The molecule has 0 aliphatic carbocycles. The second-order valence-electron chi connectivity index (χ2n) is 3.99. The van der Waals surface area contributed by atoms with Crippen molar-refractivity contribution in [1.82, 2.24) is 5.32 Å². The van der Waals surface area contributed by atoms with Gasteiger partial charge in [0.25, 0.3) is 0 Å². The fourth-order valence-electron chi connectivity index (χ4n) is 1.53. The van der Waals surface area contributed by atoms with Gasteiger partial charge in [-0.1, -0.05) is 6.07 Å². The highest BCUT2D eigenvalue weighted by molar-refractivity contribution is 7.92. The number of rotatable bonds is 5. The van der Waals surface area contributed by atoms with Crippen molar-refractivity contribution in [3.8, 4) is 6.07 Å². The number of nitrogen functional groups attached to an aromatic ring is 1. The number of nitrogens with one attached hydrogen (secondary N) is 1. The highest BCUT2D eigenvalue weighted by Crippen LogP contribution is 2.21. The van der Waals surface area contributed by atoms with E-state index in [1.807, 2.05) is 6.07 Å². The number of carbonyl (C=O) groups is 1. The first-order valence-corrected chi connectivity index (χ1v) is 7.25. The van der Waals surface area contributed by atoms with Crippen LogP contribution in [0.25, 0.3) is 0 Å². The van der Waals surface area contributed by atoms with Gasteiger partial charge in [-0.25, -0.2) is 8.42 Å². The molecule has 1 aromatic rings. The van der Waals surface area contributed by atoms with E-state index in [1.165, 1.54) is 12.1 Å². The molecule has 0 unspecified atom stereocenters. The molecule has 102 valence electrons. The fourth-order valence-corrected chi connectivity index (χ4v) is 3.00. The molecule has 0 bridgehead atoms. The Morgan fingerprint density at radius 2 is 2.16 bits per heavy atom. The maximum absolute atomic E-state index is 12.1. The molecule has 1 amide bonds. The summed E-state index contributed by atoms with van der Waals surface area (Å²) < 4.78 is 24.1. The van der Waals surface area contributed by atoms with Crippen LogP contribution in [0, 0.1) is 18.3 Å². The van der Waals surface area contributed by atoms with Crippen LogP contribution in [0.3, 0.4) is 0 Å². The molecule has 0 fully saturated rings. The van der Waals surface area contributed by atoms with Crippen LogP contribution in [0.5, 0.6) is 0 Å². The molecule has 0 saturated heterocycles. The maximum Gasteiger partial charge on any atom is 0.235 e. The first-order chi connectivity index (χ1) is 8.88. The summed E-state index contributed by atoms with van der Waals surface area (Å²) in [4.78, 5) is 11.5. The number of benzene rings is 1. The summed E-state index contributed by atoms with van der Waals surface area (Å²) in [6.07, 6.45) is 0.142. The van der Waals surface area contributed by atoms with E-state index >= 15 is 0 Å². The molecule has 0 aliphatic heterocycles. The van der Waals surface area contributed by atoms with Crippen molar-refractivity contribution in [2.75, 3.05) is 18.0 Å². The van der Waals surface area contributed by atoms with Gasteiger partial charge in [0, 0.05) is 12.2 Å². The summed E-state index contributed by atoms with van der Waals surface area (Å²) in [7, 11) is -3.72. The molecule has 1 aromatic carbocycles. The molecule has 0 spiro atoms. The first-order valence-electron chi connectivity index (χ1n) is 5.60. The Kier molecular flexibility index (Phi) is 4.89. The van der Waals surface area contributed by atoms with Crippen molar-refractivity contribution in [2.45, 2.75) is 18.2 Å². The fraction of sp³-hybridized carbons (Fsp3) is 0.333. The molecule has 0 saturated carbocycles. The molecular weight excluding hydrogens is 266 g/mol. The maximum atomic E-state index is 12.1. The average Bonchev–Trinajstić information content (AvgIpc) is 2.32. The number of nitriles is 1. The molecule has 0 radical (unpaired) electrons. The molecule has 0 atom stereocenters. The molecule has 7 heteroatoms. The van der Waals surface area contributed by atoms with Gasteiger partial charge in [-0.3, -0.25) is 4.79 Å². The van der Waals surface area contributed by atoms with Crippen LogP contribution < -0.4 is 11.1 Å². The molecule has 1 rings (SSSR count). The largest absolute Gasteiger partial charge is 0.398 e. The Morgan fingerprint density at radius 1 is 1.47 bits per heavy atom. The van der Waals surface area contributed by atoms with Crippen LogP contribution in [-0.4, -0.2) is 26.6 Å². The Bertz CT molecular complexity index is 618. The van der Waals surface area contributed by atoms with Crippen molar-refractivity contribution in [3.05, 3.63) is 23.8 Å². The monoisotopic (exact) mass is 281 g/mol. The van der Waals surface area contributed by atoms with E-state index in [-0.39, 0.29) is 17.9 Å². The summed E-state index contributed by atoms with van der Waals surface area (Å²) in [5, 5.41) is 10.7. The number of amides is 1. The quantitative estimate of drug-likeness (QED) is 0.598. The van der Waals surface area contributed by atoms with Crippen LogP contribution in [0.2, 0.25) is 0 Å². The van der Waals surface area contributed by atoms with E-state index in [4.69, 9.17) is 11.0 Å². The Hall–Kier alpha value is -2.07. The smallest absolute Gasteiger partial charge is 0.235 e. The molecule has 19 heavy (non-hydrogen) atoms. The van der Waals surface area contributed by atoms with E-state index in [0.29, 0.717) is 11.3 Å². The predicted molar refractivity (Wildman–Crippen MR) is 70.9 cm³/mol. The molecule has 0 aliphatic rings. The number of anilines is 1. The van der Waals surface area contributed by atoms with Crippen LogP contribution in [0.15, 0.2) is 23.1 Å². The highest BCUT2D eigenvalue weighted by atomic mass is 32.2. The standard InChI is InChI=1S/C12H15N3O3S/c1-9-10(14)4-2-5-11(9)19(17,18)8-12(16)15-7-3-6-13/h2,4-5H,3,7-8,14H2,1H3,(H,15,16). The molecule has 3 N–H and O–H groups in total. The third-order valence-corrected chi connectivity index (χ3v) is 4.30. The van der Waals surface area contributed by atoms with E-state index in [0.717, 1.165) is 0 Å². The SMILES string of the molecule is Cc1c(N)cccc1S(=O)(=O)CC(=O)NCCC#N. The van der Waals surface area contributed by atoms with Gasteiger partial charge >= 0.3 is 0 Å². The van der Waals surface area contributed by atoms with E-state index < -0.39 is 21.5 Å². The number of hydrogen-bond donors (Lipinski definition) is 2. The minimum atomic E-state index is -3.72. The summed E-state index contributed by atoms with van der Waals surface area (Å²) in [6, 6.07) is 6.40. The molecule has 0 aromatic heterocycles. The summed E-state index contributed by atoms with van der Waals surface area (Å²) in [6.45, 7) is 1.73. The Morgan fingerprint density at radius 3 is 2.79 bits per heavy atom. The third-order valence-electron chi connectivity index (χ3n) is 2.54. The van der Waals surface area contributed by atoms with E-state index in [1.54, 1.807) is 13.0 Å². The highest BCUT2D eigenvalue weighted by Gasteiger charge is 2.21. The van der Waals surface area contributed by atoms with Crippen molar-refractivity contribution in [1.29, 1.82) is 5.26 Å². The van der Waals surface area contributed by atoms with Crippen molar-refractivity contribution in [3.63, 3.8) is 0 Å². The lowest BCUT2D eigenvalue weighted by Crippen LogP contribution is -2.31. The van der Waals surface area contributed by atoms with Crippen LogP contribution in [0.1, 0.15) is 12.0 Å². The normalized spacial score (nSPS) is 10.7. The van der Waals surface area contributed by atoms with Crippen LogP contribution in [0.4, 0.5) is 5.69 Å². The van der Waals surface area contributed by atoms with Gasteiger partial charge in [0.15, 0.2) is 9.84 Å². The van der Waals surface area contributed by atoms with Crippen LogP contribution in [-0.2, 0) is 14.6 Å². The van der Waals surface area contributed by atoms with Gasteiger partial charge in [-0.05, 0) is 24.6 Å². The van der Waals surface area contributed by atoms with Crippen molar-refractivity contribution in [2.24, 2.45) is 0 Å². The van der Waals surface area contributed by atoms with Gasteiger partial charge in [0.2, 0.25) is 5.91 Å². The predicted octanol–water partition coefficient (Wildman–Crippen LogP) is 0.381. The number of hydrogen-bond acceptors (Lipinski definition) is 5. The van der Waals surface area contributed by atoms with Gasteiger partial charge in [0.05, 0.1) is 17.4 Å². The molecule has 0 heterocycles. The van der Waals surface area contributed by atoms with Gasteiger partial charge in [0.1, 0.15) is 5.75 Å². The van der Waals surface area contributed by atoms with E-state index in [2.05, 4.69) is 5.32 Å². The second-order valence-corrected chi connectivity index (χ2v) is 5.95. The zero-order valence-electron chi connectivity index (χ0n) is 10.5. The minimum Gasteiger partial charge on any atom is -0.398 e. The number of carbonyl (C=O) groups excluding carboxylic acids is 1.